The maximum atomic E-state index is 12.0. The molecule has 3 rings (SSSR count). The molecule has 132 valence electrons. The first kappa shape index (κ1) is 17.7. The standard InChI is InChI=1S/C19H15ClN2O4/c1-25-19(24)14-6-4-5-13(11-14)12-26-17(23)9-8-15-18(20)21-16-7-2-3-10-22(15)16/h2-11H,12H2,1H3/b9-8+. The number of ether oxygens (including phenoxy) is 2. The molecule has 0 spiro atoms. The van der Waals surface area contributed by atoms with Crippen molar-refractivity contribution in [2.75, 3.05) is 7.11 Å². The molecule has 6 nitrogen and oxygen atoms in total. The van der Waals surface area contributed by atoms with Crippen LogP contribution < -0.4 is 0 Å². The molecule has 0 saturated carbocycles. The molecule has 1 aromatic carbocycles. The highest BCUT2D eigenvalue weighted by molar-refractivity contribution is 6.31. The van der Waals surface area contributed by atoms with Gasteiger partial charge in [-0.15, -0.1) is 0 Å². The van der Waals surface area contributed by atoms with E-state index in [9.17, 15) is 9.59 Å². The SMILES string of the molecule is COC(=O)c1cccc(COC(=O)/C=C/c2c(Cl)nc3ccccn23)c1. The molecule has 0 amide bonds. The number of carbonyl (C=O) groups is 2. The fraction of sp³-hybridized carbons (Fsp3) is 0.105. The minimum absolute atomic E-state index is 0.0366. The summed E-state index contributed by atoms with van der Waals surface area (Å²) in [4.78, 5) is 27.7. The van der Waals surface area contributed by atoms with Crippen molar-refractivity contribution in [3.63, 3.8) is 0 Å². The predicted molar refractivity (Wildman–Crippen MR) is 96.8 cm³/mol. The van der Waals surface area contributed by atoms with Crippen LogP contribution in [0.2, 0.25) is 5.15 Å². The molecule has 0 N–H and O–H groups in total. The highest BCUT2D eigenvalue weighted by Gasteiger charge is 2.09. The summed E-state index contributed by atoms with van der Waals surface area (Å²) in [6.07, 6.45) is 4.64. The van der Waals surface area contributed by atoms with Crippen molar-refractivity contribution < 1.29 is 19.1 Å². The molecular weight excluding hydrogens is 356 g/mol. The minimum Gasteiger partial charge on any atom is -0.465 e. The van der Waals surface area contributed by atoms with E-state index < -0.39 is 11.9 Å². The third-order valence-corrected chi connectivity index (χ3v) is 3.91. The summed E-state index contributed by atoms with van der Waals surface area (Å²) in [5.41, 5.74) is 2.36. The number of fused-ring (bicyclic) bond motifs is 1. The summed E-state index contributed by atoms with van der Waals surface area (Å²) in [5.74, 6) is -0.976. The Morgan fingerprint density at radius 3 is 2.88 bits per heavy atom. The van der Waals surface area contributed by atoms with Gasteiger partial charge in [-0.05, 0) is 35.9 Å². The second-order valence-corrected chi connectivity index (χ2v) is 5.71. The molecule has 0 aliphatic rings. The monoisotopic (exact) mass is 370 g/mol. The number of esters is 2. The number of carbonyl (C=O) groups excluding carboxylic acids is 2. The molecule has 26 heavy (non-hydrogen) atoms. The Labute approximate surface area is 154 Å². The lowest BCUT2D eigenvalue weighted by atomic mass is 10.1. The molecule has 0 saturated heterocycles. The first-order valence-corrected chi connectivity index (χ1v) is 8.11. The molecule has 3 aromatic rings. The lowest BCUT2D eigenvalue weighted by Gasteiger charge is -2.04. The van der Waals surface area contributed by atoms with Crippen molar-refractivity contribution in [2.45, 2.75) is 6.61 Å². The van der Waals surface area contributed by atoms with Crippen molar-refractivity contribution in [1.29, 1.82) is 0 Å². The third-order valence-electron chi connectivity index (χ3n) is 3.63. The zero-order valence-electron chi connectivity index (χ0n) is 13.9. The van der Waals surface area contributed by atoms with Crippen LogP contribution in [0.3, 0.4) is 0 Å². The van der Waals surface area contributed by atoms with Crippen LogP contribution in [-0.4, -0.2) is 28.4 Å². The first-order valence-electron chi connectivity index (χ1n) is 7.73. The van der Waals surface area contributed by atoms with Gasteiger partial charge in [0, 0.05) is 12.3 Å². The number of benzene rings is 1. The number of methoxy groups -OCH3 is 1. The first-order chi connectivity index (χ1) is 12.6. The van der Waals surface area contributed by atoms with Gasteiger partial charge in [0.25, 0.3) is 0 Å². The lowest BCUT2D eigenvalue weighted by Crippen LogP contribution is -2.04. The van der Waals surface area contributed by atoms with E-state index >= 15 is 0 Å². The second-order valence-electron chi connectivity index (χ2n) is 5.35. The maximum absolute atomic E-state index is 12.0. The van der Waals surface area contributed by atoms with Gasteiger partial charge in [-0.1, -0.05) is 29.8 Å². The highest BCUT2D eigenvalue weighted by atomic mass is 35.5. The number of rotatable bonds is 5. The predicted octanol–water partition coefficient (Wildman–Crippen LogP) is 3.53. The number of hydrogen-bond acceptors (Lipinski definition) is 5. The Balaban J connectivity index is 1.66. The van der Waals surface area contributed by atoms with E-state index in [4.69, 9.17) is 16.3 Å². The Morgan fingerprint density at radius 1 is 1.23 bits per heavy atom. The summed E-state index contributed by atoms with van der Waals surface area (Å²) in [7, 11) is 1.31. The van der Waals surface area contributed by atoms with E-state index in [0.717, 1.165) is 0 Å². The zero-order chi connectivity index (χ0) is 18.5. The van der Waals surface area contributed by atoms with Crippen molar-refractivity contribution in [1.82, 2.24) is 9.38 Å². The van der Waals surface area contributed by atoms with Gasteiger partial charge in [0.1, 0.15) is 12.3 Å². The van der Waals surface area contributed by atoms with Gasteiger partial charge in [0.15, 0.2) is 5.15 Å². The van der Waals surface area contributed by atoms with Gasteiger partial charge in [-0.2, -0.15) is 0 Å². The van der Waals surface area contributed by atoms with Crippen LogP contribution in [0.25, 0.3) is 11.7 Å². The van der Waals surface area contributed by atoms with Crippen molar-refractivity contribution in [3.8, 4) is 0 Å². The van der Waals surface area contributed by atoms with Gasteiger partial charge in [-0.3, -0.25) is 4.40 Å². The fourth-order valence-corrected chi connectivity index (χ4v) is 2.63. The van der Waals surface area contributed by atoms with Crippen LogP contribution in [-0.2, 0) is 20.9 Å². The molecule has 0 aliphatic heterocycles. The van der Waals surface area contributed by atoms with Crippen LogP contribution in [0.5, 0.6) is 0 Å². The third kappa shape index (κ3) is 3.92. The van der Waals surface area contributed by atoms with E-state index in [2.05, 4.69) is 9.72 Å². The van der Waals surface area contributed by atoms with E-state index in [-0.39, 0.29) is 6.61 Å². The average molecular weight is 371 g/mol. The van der Waals surface area contributed by atoms with Crippen LogP contribution >= 0.6 is 11.6 Å². The average Bonchev–Trinajstić information content (AvgIpc) is 2.99. The molecule has 0 aliphatic carbocycles. The molecule has 0 radical (unpaired) electrons. The number of hydrogen-bond donors (Lipinski definition) is 0. The van der Waals surface area contributed by atoms with E-state index in [1.54, 1.807) is 40.9 Å². The molecule has 0 atom stereocenters. The number of aromatic nitrogens is 2. The number of pyridine rings is 1. The van der Waals surface area contributed by atoms with Gasteiger partial charge >= 0.3 is 11.9 Å². The molecule has 2 aromatic heterocycles. The summed E-state index contributed by atoms with van der Waals surface area (Å²) in [6, 6.07) is 12.2. The van der Waals surface area contributed by atoms with Gasteiger partial charge < -0.3 is 9.47 Å². The number of nitrogens with zero attached hydrogens (tertiary/aromatic N) is 2. The molecule has 7 heteroatoms. The Morgan fingerprint density at radius 2 is 2.08 bits per heavy atom. The normalized spacial score (nSPS) is 11.0. The summed E-state index contributed by atoms with van der Waals surface area (Å²) in [5, 5.41) is 0.297. The minimum atomic E-state index is -0.532. The summed E-state index contributed by atoms with van der Waals surface area (Å²) >= 11 is 6.11. The van der Waals surface area contributed by atoms with Crippen LogP contribution in [0, 0.1) is 0 Å². The van der Waals surface area contributed by atoms with Gasteiger partial charge in [0.2, 0.25) is 0 Å². The Kier molecular flexibility index (Phi) is 5.34. The molecule has 0 bridgehead atoms. The molecule has 0 fully saturated rings. The maximum Gasteiger partial charge on any atom is 0.337 e. The largest absolute Gasteiger partial charge is 0.465 e. The Bertz CT molecular complexity index is 994. The zero-order valence-corrected chi connectivity index (χ0v) is 14.6. The van der Waals surface area contributed by atoms with Crippen LogP contribution in [0.4, 0.5) is 0 Å². The topological polar surface area (TPSA) is 69.9 Å². The molecule has 2 heterocycles. The van der Waals surface area contributed by atoms with Crippen molar-refractivity contribution in [3.05, 3.63) is 76.7 Å². The Hall–Kier alpha value is -3.12. The molecule has 0 unspecified atom stereocenters. The van der Waals surface area contributed by atoms with Crippen molar-refractivity contribution >= 4 is 35.3 Å². The van der Waals surface area contributed by atoms with Crippen LogP contribution in [0.1, 0.15) is 21.6 Å². The second kappa shape index (κ2) is 7.84. The summed E-state index contributed by atoms with van der Waals surface area (Å²) in [6.45, 7) is 0.0366. The highest BCUT2D eigenvalue weighted by Crippen LogP contribution is 2.19. The van der Waals surface area contributed by atoms with E-state index in [1.165, 1.54) is 13.2 Å². The smallest absolute Gasteiger partial charge is 0.337 e. The van der Waals surface area contributed by atoms with Crippen LogP contribution in [0.15, 0.2) is 54.7 Å². The summed E-state index contributed by atoms with van der Waals surface area (Å²) < 4.78 is 11.6. The van der Waals surface area contributed by atoms with E-state index in [0.29, 0.717) is 27.6 Å². The number of imidazole rings is 1. The quantitative estimate of drug-likeness (QED) is 0.507. The van der Waals surface area contributed by atoms with Crippen molar-refractivity contribution in [2.24, 2.45) is 0 Å². The van der Waals surface area contributed by atoms with Gasteiger partial charge in [0.05, 0.1) is 18.4 Å². The molecular formula is C19H15ClN2O4. The number of halogens is 1. The van der Waals surface area contributed by atoms with Gasteiger partial charge in [-0.25, -0.2) is 14.6 Å². The lowest BCUT2D eigenvalue weighted by molar-refractivity contribution is -0.138. The fourth-order valence-electron chi connectivity index (χ4n) is 2.39. The van der Waals surface area contributed by atoms with E-state index in [1.807, 2.05) is 18.2 Å².